The van der Waals surface area contributed by atoms with Gasteiger partial charge in [-0.15, -0.1) is 0 Å². The maximum absolute atomic E-state index is 12.0. The molecule has 17 heavy (non-hydrogen) atoms. The Morgan fingerprint density at radius 3 is 2.53 bits per heavy atom. The van der Waals surface area contributed by atoms with E-state index in [1.807, 2.05) is 19.9 Å². The lowest BCUT2D eigenvalue weighted by Crippen LogP contribution is -2.36. The Balaban J connectivity index is 2.90. The molecular weight excluding hydrogens is 236 g/mol. The first-order valence-corrected chi connectivity index (χ1v) is 7.17. The summed E-state index contributed by atoms with van der Waals surface area (Å²) >= 11 is 0. The molecule has 0 saturated carbocycles. The van der Waals surface area contributed by atoms with E-state index in [9.17, 15) is 8.42 Å². The predicted molar refractivity (Wildman–Crippen MR) is 69.4 cm³/mol. The molecule has 1 atom stereocenters. The summed E-state index contributed by atoms with van der Waals surface area (Å²) in [4.78, 5) is 0.325. The van der Waals surface area contributed by atoms with Gasteiger partial charge in [-0.3, -0.25) is 0 Å². The molecular formula is C12H20N2O2S. The Hall–Kier alpha value is -0.910. The zero-order valence-electron chi connectivity index (χ0n) is 10.5. The van der Waals surface area contributed by atoms with Crippen LogP contribution in [0.2, 0.25) is 0 Å². The number of sulfonamides is 1. The van der Waals surface area contributed by atoms with Crippen molar-refractivity contribution in [1.29, 1.82) is 0 Å². The van der Waals surface area contributed by atoms with E-state index in [-0.39, 0.29) is 12.6 Å². The number of rotatable bonds is 5. The highest BCUT2D eigenvalue weighted by Gasteiger charge is 2.16. The van der Waals surface area contributed by atoms with Crippen LogP contribution < -0.4 is 10.5 Å². The molecule has 0 aliphatic rings. The molecule has 1 rings (SSSR count). The Bertz CT molecular complexity index is 483. The molecule has 0 fully saturated rings. The second-order valence-corrected chi connectivity index (χ2v) is 6.02. The van der Waals surface area contributed by atoms with E-state index in [1.54, 1.807) is 19.1 Å². The van der Waals surface area contributed by atoms with Crippen molar-refractivity contribution in [3.05, 3.63) is 29.3 Å². The van der Waals surface area contributed by atoms with Crippen molar-refractivity contribution < 1.29 is 8.42 Å². The van der Waals surface area contributed by atoms with Crippen molar-refractivity contribution in [2.75, 3.05) is 6.54 Å². The van der Waals surface area contributed by atoms with Crippen molar-refractivity contribution in [2.24, 2.45) is 5.73 Å². The minimum absolute atomic E-state index is 0.143. The Kier molecular flexibility index (Phi) is 4.68. The number of hydrogen-bond acceptors (Lipinski definition) is 3. The number of aryl methyl sites for hydroxylation is 2. The van der Waals surface area contributed by atoms with Gasteiger partial charge in [0.05, 0.1) is 4.90 Å². The molecule has 1 aromatic carbocycles. The molecule has 0 spiro atoms. The smallest absolute Gasteiger partial charge is 0.240 e. The molecule has 0 heterocycles. The summed E-state index contributed by atoms with van der Waals surface area (Å²) < 4.78 is 26.6. The molecule has 1 aromatic rings. The third-order valence-electron chi connectivity index (χ3n) is 2.68. The van der Waals surface area contributed by atoms with Gasteiger partial charge in [0.25, 0.3) is 0 Å². The van der Waals surface area contributed by atoms with E-state index in [0.29, 0.717) is 4.90 Å². The normalized spacial score (nSPS) is 13.6. The van der Waals surface area contributed by atoms with E-state index < -0.39 is 10.0 Å². The molecule has 1 unspecified atom stereocenters. The SMILES string of the molecule is CCC(N)CNS(=O)(=O)c1ccc(C)cc1C. The zero-order chi connectivity index (χ0) is 13.1. The van der Waals surface area contributed by atoms with Crippen LogP contribution in [0.3, 0.4) is 0 Å². The van der Waals surface area contributed by atoms with Crippen molar-refractivity contribution >= 4 is 10.0 Å². The average molecular weight is 256 g/mol. The summed E-state index contributed by atoms with van der Waals surface area (Å²) in [6.07, 6.45) is 0.745. The van der Waals surface area contributed by atoms with Gasteiger partial charge in [0.15, 0.2) is 0 Å². The molecule has 0 aliphatic carbocycles. The first kappa shape index (κ1) is 14.2. The number of nitrogens with one attached hydrogen (secondary N) is 1. The Morgan fingerprint density at radius 1 is 1.35 bits per heavy atom. The quantitative estimate of drug-likeness (QED) is 0.834. The second-order valence-electron chi connectivity index (χ2n) is 4.29. The maximum atomic E-state index is 12.0. The molecule has 5 heteroatoms. The minimum atomic E-state index is -3.44. The first-order valence-electron chi connectivity index (χ1n) is 5.69. The largest absolute Gasteiger partial charge is 0.327 e. The van der Waals surface area contributed by atoms with Crippen molar-refractivity contribution in [3.8, 4) is 0 Å². The van der Waals surface area contributed by atoms with Crippen LogP contribution >= 0.6 is 0 Å². The summed E-state index contributed by atoms with van der Waals surface area (Å²) in [6.45, 7) is 5.92. The van der Waals surface area contributed by atoms with E-state index in [1.165, 1.54) is 0 Å². The number of nitrogens with two attached hydrogens (primary N) is 1. The van der Waals surface area contributed by atoms with Crippen molar-refractivity contribution in [2.45, 2.75) is 38.1 Å². The summed E-state index contributed by atoms with van der Waals surface area (Å²) in [5, 5.41) is 0. The lowest BCUT2D eigenvalue weighted by molar-refractivity contribution is 0.563. The van der Waals surface area contributed by atoms with Crippen LogP contribution in [-0.2, 0) is 10.0 Å². The van der Waals surface area contributed by atoms with Gasteiger partial charge in [0.1, 0.15) is 0 Å². The van der Waals surface area contributed by atoms with Gasteiger partial charge in [-0.2, -0.15) is 0 Å². The lowest BCUT2D eigenvalue weighted by Gasteiger charge is -2.12. The van der Waals surface area contributed by atoms with Gasteiger partial charge in [0.2, 0.25) is 10.0 Å². The molecule has 3 N–H and O–H groups in total. The zero-order valence-corrected chi connectivity index (χ0v) is 11.3. The summed E-state index contributed by atoms with van der Waals surface area (Å²) in [5.74, 6) is 0. The first-order chi connectivity index (χ1) is 7.86. The van der Waals surface area contributed by atoms with E-state index in [4.69, 9.17) is 5.73 Å². The van der Waals surface area contributed by atoms with Crippen molar-refractivity contribution in [3.63, 3.8) is 0 Å². The van der Waals surface area contributed by atoms with Gasteiger partial charge in [-0.1, -0.05) is 24.6 Å². The monoisotopic (exact) mass is 256 g/mol. The standard InChI is InChI=1S/C12H20N2O2S/c1-4-11(13)8-14-17(15,16)12-6-5-9(2)7-10(12)3/h5-7,11,14H,4,8,13H2,1-3H3. The molecule has 0 aromatic heterocycles. The number of benzene rings is 1. The highest BCUT2D eigenvalue weighted by Crippen LogP contribution is 2.16. The van der Waals surface area contributed by atoms with Gasteiger partial charge in [-0.25, -0.2) is 13.1 Å². The van der Waals surface area contributed by atoms with Gasteiger partial charge < -0.3 is 5.73 Å². The number of hydrogen-bond donors (Lipinski definition) is 2. The van der Waals surface area contributed by atoms with Crippen LogP contribution in [0.25, 0.3) is 0 Å². The second kappa shape index (κ2) is 5.62. The predicted octanol–water partition coefficient (Wildman–Crippen LogP) is 1.32. The van der Waals surface area contributed by atoms with Crippen LogP contribution in [0.1, 0.15) is 24.5 Å². The summed E-state index contributed by atoms with van der Waals surface area (Å²) in [6, 6.07) is 5.13. The summed E-state index contributed by atoms with van der Waals surface area (Å²) in [7, 11) is -3.44. The Labute approximate surface area is 103 Å². The lowest BCUT2D eigenvalue weighted by atomic mass is 10.2. The average Bonchev–Trinajstić information content (AvgIpc) is 2.25. The van der Waals surface area contributed by atoms with Crippen molar-refractivity contribution in [1.82, 2.24) is 4.72 Å². The highest BCUT2D eigenvalue weighted by atomic mass is 32.2. The fourth-order valence-corrected chi connectivity index (χ4v) is 2.86. The Morgan fingerprint density at radius 2 is 2.00 bits per heavy atom. The van der Waals surface area contributed by atoms with E-state index in [2.05, 4.69) is 4.72 Å². The molecule has 96 valence electrons. The maximum Gasteiger partial charge on any atom is 0.240 e. The molecule has 0 amide bonds. The van der Waals surface area contributed by atoms with Gasteiger partial charge in [0, 0.05) is 12.6 Å². The molecule has 0 radical (unpaired) electrons. The van der Waals surface area contributed by atoms with Crippen LogP contribution in [0.15, 0.2) is 23.1 Å². The third-order valence-corrected chi connectivity index (χ3v) is 4.26. The van der Waals surface area contributed by atoms with Gasteiger partial charge >= 0.3 is 0 Å². The minimum Gasteiger partial charge on any atom is -0.327 e. The van der Waals surface area contributed by atoms with Crippen LogP contribution in [0.4, 0.5) is 0 Å². The fourth-order valence-electron chi connectivity index (χ4n) is 1.54. The van der Waals surface area contributed by atoms with E-state index in [0.717, 1.165) is 17.5 Å². The van der Waals surface area contributed by atoms with Crippen LogP contribution in [-0.4, -0.2) is 21.0 Å². The molecule has 0 bridgehead atoms. The third kappa shape index (κ3) is 3.80. The van der Waals surface area contributed by atoms with Gasteiger partial charge in [-0.05, 0) is 31.9 Å². The van der Waals surface area contributed by atoms with E-state index >= 15 is 0 Å². The summed E-state index contributed by atoms with van der Waals surface area (Å²) in [5.41, 5.74) is 7.49. The van der Waals surface area contributed by atoms with Crippen LogP contribution in [0.5, 0.6) is 0 Å². The molecule has 0 saturated heterocycles. The molecule has 0 aliphatic heterocycles. The van der Waals surface area contributed by atoms with Crippen LogP contribution in [0, 0.1) is 13.8 Å². The fraction of sp³-hybridized carbons (Fsp3) is 0.500. The topological polar surface area (TPSA) is 72.2 Å². The molecule has 4 nitrogen and oxygen atoms in total. The highest BCUT2D eigenvalue weighted by molar-refractivity contribution is 7.89.